The van der Waals surface area contributed by atoms with Gasteiger partial charge in [0, 0.05) is 49.7 Å². The van der Waals surface area contributed by atoms with Gasteiger partial charge in [-0.1, -0.05) is 54.7 Å². The number of carbonyl (C=O) groups is 1. The van der Waals surface area contributed by atoms with Gasteiger partial charge in [-0.25, -0.2) is 9.97 Å². The van der Waals surface area contributed by atoms with Gasteiger partial charge in [0.05, 0.1) is 15.9 Å². The lowest BCUT2D eigenvalue weighted by atomic mass is 10.2. The topological polar surface area (TPSA) is 53.7 Å². The minimum atomic E-state index is 0.0586. The van der Waals surface area contributed by atoms with Crippen LogP contribution in [0.3, 0.4) is 0 Å². The molecule has 5 aromatic rings. The fourth-order valence-electron chi connectivity index (χ4n) is 4.46. The van der Waals surface area contributed by atoms with E-state index < -0.39 is 0 Å². The van der Waals surface area contributed by atoms with E-state index in [1.165, 1.54) is 10.3 Å². The lowest BCUT2D eigenvalue weighted by molar-refractivity contribution is 0.0746. The first-order valence-electron chi connectivity index (χ1n) is 11.7. The van der Waals surface area contributed by atoms with E-state index in [-0.39, 0.29) is 5.91 Å². The third-order valence-corrected chi connectivity index (χ3v) is 7.54. The normalized spacial score (nSPS) is 14.3. The van der Waals surface area contributed by atoms with E-state index in [0.29, 0.717) is 18.7 Å². The van der Waals surface area contributed by atoms with E-state index in [2.05, 4.69) is 30.0 Å². The molecule has 0 bridgehead atoms. The van der Waals surface area contributed by atoms with Crippen LogP contribution in [0.5, 0.6) is 0 Å². The summed E-state index contributed by atoms with van der Waals surface area (Å²) in [4.78, 5) is 27.0. The number of pyridine rings is 1. The summed E-state index contributed by atoms with van der Waals surface area (Å²) in [5.74, 6) is 0.0586. The van der Waals surface area contributed by atoms with Crippen LogP contribution in [0.25, 0.3) is 27.1 Å². The molecule has 0 saturated carbocycles. The molecule has 0 N–H and O–H groups in total. The molecule has 1 aliphatic rings. The molecule has 1 fully saturated rings. The average molecular weight is 468 g/mol. The summed E-state index contributed by atoms with van der Waals surface area (Å²) in [6, 6.07) is 20.4. The largest absolute Gasteiger partial charge is 0.345 e. The number of hydrogen-bond acceptors (Lipinski definition) is 5. The van der Waals surface area contributed by atoms with Crippen LogP contribution in [0.2, 0.25) is 0 Å². The minimum Gasteiger partial charge on any atom is -0.345 e. The van der Waals surface area contributed by atoms with E-state index in [9.17, 15) is 4.79 Å². The Morgan fingerprint density at radius 1 is 0.971 bits per heavy atom. The van der Waals surface area contributed by atoms with Crippen molar-refractivity contribution in [1.82, 2.24) is 19.3 Å². The average Bonchev–Trinajstić information content (AvgIpc) is 3.52. The van der Waals surface area contributed by atoms with Gasteiger partial charge >= 0.3 is 0 Å². The van der Waals surface area contributed by atoms with Crippen molar-refractivity contribution in [2.24, 2.45) is 0 Å². The molecule has 0 unspecified atom stereocenters. The SMILES string of the molecule is CCc1ccc2nc(N3CCN(C(=O)c4ccn5cc(-c6ccccc6)nc5c4)CC3)sc2c1. The van der Waals surface area contributed by atoms with Crippen LogP contribution in [0, 0.1) is 0 Å². The standard InChI is InChI=1S/C27H25N5OS/c1-2-19-8-9-22-24(16-19)34-27(29-22)31-14-12-30(13-15-31)26(33)21-10-11-32-18-23(28-25(32)17-21)20-6-4-3-5-7-20/h3-11,16-18H,2,12-15H2,1H3. The monoisotopic (exact) mass is 467 g/mol. The van der Waals surface area contributed by atoms with Crippen molar-refractivity contribution in [2.75, 3.05) is 31.1 Å². The number of anilines is 1. The first-order chi connectivity index (χ1) is 16.7. The van der Waals surface area contributed by atoms with Crippen LogP contribution in [0.15, 0.2) is 73.1 Å². The van der Waals surface area contributed by atoms with Crippen LogP contribution in [-0.2, 0) is 6.42 Å². The van der Waals surface area contributed by atoms with Crippen molar-refractivity contribution in [3.8, 4) is 11.3 Å². The fraction of sp³-hybridized carbons (Fsp3) is 0.222. The van der Waals surface area contributed by atoms with Crippen LogP contribution >= 0.6 is 11.3 Å². The molecule has 0 spiro atoms. The Bertz CT molecular complexity index is 1480. The number of carbonyl (C=O) groups excluding carboxylic acids is 1. The van der Waals surface area contributed by atoms with Gasteiger partial charge in [0.1, 0.15) is 5.65 Å². The molecule has 2 aromatic carbocycles. The first-order valence-corrected chi connectivity index (χ1v) is 12.5. The summed E-state index contributed by atoms with van der Waals surface area (Å²) in [7, 11) is 0. The van der Waals surface area contributed by atoms with Crippen LogP contribution in [0.1, 0.15) is 22.8 Å². The van der Waals surface area contributed by atoms with Crippen molar-refractivity contribution < 1.29 is 4.79 Å². The summed E-state index contributed by atoms with van der Waals surface area (Å²) in [5, 5.41) is 1.04. The highest BCUT2D eigenvalue weighted by molar-refractivity contribution is 7.22. The second-order valence-corrected chi connectivity index (χ2v) is 9.61. The molecule has 0 radical (unpaired) electrons. The number of aromatic nitrogens is 3. The molecule has 34 heavy (non-hydrogen) atoms. The van der Waals surface area contributed by atoms with Crippen molar-refractivity contribution in [1.29, 1.82) is 0 Å². The summed E-state index contributed by atoms with van der Waals surface area (Å²) in [5.41, 5.74) is 5.82. The van der Waals surface area contributed by atoms with Gasteiger partial charge in [0.2, 0.25) is 0 Å². The Hall–Kier alpha value is -3.71. The number of amides is 1. The van der Waals surface area contributed by atoms with E-state index >= 15 is 0 Å². The van der Waals surface area contributed by atoms with Gasteiger partial charge in [0.15, 0.2) is 5.13 Å². The second kappa shape index (κ2) is 8.57. The highest BCUT2D eigenvalue weighted by Gasteiger charge is 2.24. The number of benzene rings is 2. The number of fused-ring (bicyclic) bond motifs is 2. The zero-order valence-electron chi connectivity index (χ0n) is 19.0. The quantitative estimate of drug-likeness (QED) is 0.367. The predicted octanol–water partition coefficient (Wildman–Crippen LogP) is 5.14. The Morgan fingerprint density at radius 3 is 2.59 bits per heavy atom. The van der Waals surface area contributed by atoms with Gasteiger partial charge in [-0.2, -0.15) is 0 Å². The summed E-state index contributed by atoms with van der Waals surface area (Å²) < 4.78 is 3.20. The number of piperazine rings is 1. The summed E-state index contributed by atoms with van der Waals surface area (Å²) >= 11 is 1.74. The molecule has 0 atom stereocenters. The Balaban J connectivity index is 1.16. The van der Waals surface area contributed by atoms with E-state index in [1.807, 2.05) is 64.2 Å². The molecule has 0 aliphatic carbocycles. The van der Waals surface area contributed by atoms with Gasteiger partial charge in [-0.3, -0.25) is 4.79 Å². The van der Waals surface area contributed by atoms with Crippen LogP contribution in [0.4, 0.5) is 5.13 Å². The zero-order valence-corrected chi connectivity index (χ0v) is 19.8. The number of hydrogen-bond donors (Lipinski definition) is 0. The predicted molar refractivity (Wildman–Crippen MR) is 138 cm³/mol. The molecule has 4 heterocycles. The molecule has 6 nitrogen and oxygen atoms in total. The van der Waals surface area contributed by atoms with Crippen molar-refractivity contribution in [3.63, 3.8) is 0 Å². The molecule has 7 heteroatoms. The number of thiazole rings is 1. The number of imidazole rings is 1. The third-order valence-electron chi connectivity index (χ3n) is 6.46. The van der Waals surface area contributed by atoms with Crippen LogP contribution < -0.4 is 4.90 Å². The third kappa shape index (κ3) is 3.82. The Morgan fingerprint density at radius 2 is 1.79 bits per heavy atom. The molecule has 1 saturated heterocycles. The van der Waals surface area contributed by atoms with Gasteiger partial charge in [-0.15, -0.1) is 0 Å². The maximum atomic E-state index is 13.2. The minimum absolute atomic E-state index is 0.0586. The Labute approximate surface area is 202 Å². The van der Waals surface area contributed by atoms with Gasteiger partial charge in [-0.05, 0) is 36.2 Å². The number of aryl methyl sites for hydroxylation is 1. The zero-order chi connectivity index (χ0) is 23.1. The molecular weight excluding hydrogens is 442 g/mol. The maximum Gasteiger partial charge on any atom is 0.254 e. The molecule has 6 rings (SSSR count). The van der Waals surface area contributed by atoms with E-state index in [4.69, 9.17) is 9.97 Å². The van der Waals surface area contributed by atoms with Crippen molar-refractivity contribution in [2.45, 2.75) is 13.3 Å². The van der Waals surface area contributed by atoms with Gasteiger partial charge < -0.3 is 14.2 Å². The van der Waals surface area contributed by atoms with E-state index in [0.717, 1.165) is 47.1 Å². The molecule has 3 aromatic heterocycles. The highest BCUT2D eigenvalue weighted by Crippen LogP contribution is 2.30. The smallest absolute Gasteiger partial charge is 0.254 e. The Kier molecular flexibility index (Phi) is 5.26. The van der Waals surface area contributed by atoms with Gasteiger partial charge in [0.25, 0.3) is 5.91 Å². The highest BCUT2D eigenvalue weighted by atomic mass is 32.1. The molecule has 1 aliphatic heterocycles. The lowest BCUT2D eigenvalue weighted by Gasteiger charge is -2.34. The fourth-order valence-corrected chi connectivity index (χ4v) is 5.54. The summed E-state index contributed by atoms with van der Waals surface area (Å²) in [6.07, 6.45) is 4.95. The van der Waals surface area contributed by atoms with Crippen LogP contribution in [-0.4, -0.2) is 51.4 Å². The summed E-state index contributed by atoms with van der Waals surface area (Å²) in [6.45, 7) is 5.12. The van der Waals surface area contributed by atoms with Crippen molar-refractivity contribution in [3.05, 3.63) is 84.2 Å². The second-order valence-electron chi connectivity index (χ2n) is 8.60. The van der Waals surface area contributed by atoms with Crippen molar-refractivity contribution >= 4 is 38.2 Å². The maximum absolute atomic E-state index is 13.2. The number of rotatable bonds is 4. The molecular formula is C27H25N5OS. The molecule has 170 valence electrons. The first kappa shape index (κ1) is 20.9. The molecule has 1 amide bonds. The number of nitrogens with zero attached hydrogens (tertiary/aromatic N) is 5. The van der Waals surface area contributed by atoms with E-state index in [1.54, 1.807) is 11.3 Å². The lowest BCUT2D eigenvalue weighted by Crippen LogP contribution is -2.48.